The standard InChI is InChI=1S/C10H8BrN5O2/c11-7-3-1-6(2-4-7)5-12-14-8-9(17)13-10(18)16-15-8/h1-5H,(H,14,15)(H2,13,16,17,18)/b12-5-. The van der Waals surface area contributed by atoms with Gasteiger partial charge in [-0.1, -0.05) is 28.1 Å². The number of benzene rings is 1. The van der Waals surface area contributed by atoms with Crippen LogP contribution < -0.4 is 16.7 Å². The van der Waals surface area contributed by atoms with Crippen molar-refractivity contribution in [2.75, 3.05) is 5.43 Å². The van der Waals surface area contributed by atoms with E-state index in [0.29, 0.717) is 0 Å². The molecule has 0 fully saturated rings. The minimum atomic E-state index is -0.664. The average molecular weight is 310 g/mol. The van der Waals surface area contributed by atoms with Gasteiger partial charge in [0.05, 0.1) is 6.21 Å². The molecule has 0 aliphatic heterocycles. The van der Waals surface area contributed by atoms with Gasteiger partial charge in [-0.2, -0.15) is 5.10 Å². The van der Waals surface area contributed by atoms with E-state index in [9.17, 15) is 9.59 Å². The highest BCUT2D eigenvalue weighted by atomic mass is 79.9. The van der Waals surface area contributed by atoms with Gasteiger partial charge in [0.15, 0.2) is 0 Å². The first-order valence-electron chi connectivity index (χ1n) is 4.89. The number of nitrogens with zero attached hydrogens (tertiary/aromatic N) is 2. The highest BCUT2D eigenvalue weighted by molar-refractivity contribution is 9.10. The van der Waals surface area contributed by atoms with Crippen LogP contribution in [-0.4, -0.2) is 21.4 Å². The molecule has 92 valence electrons. The molecule has 0 aliphatic carbocycles. The number of halogens is 1. The minimum absolute atomic E-state index is 0.0806. The smallest absolute Gasteiger partial charge is 0.270 e. The lowest BCUT2D eigenvalue weighted by molar-refractivity contribution is 0.890. The van der Waals surface area contributed by atoms with E-state index in [0.717, 1.165) is 10.0 Å². The first-order chi connectivity index (χ1) is 8.65. The topological polar surface area (TPSA) is 103 Å². The number of hydrogen-bond acceptors (Lipinski definition) is 5. The second-order valence-electron chi connectivity index (χ2n) is 3.28. The molecule has 3 N–H and O–H groups in total. The molecule has 1 aromatic heterocycles. The van der Waals surface area contributed by atoms with Gasteiger partial charge in [-0.25, -0.2) is 9.89 Å². The van der Waals surface area contributed by atoms with Crippen LogP contribution in [0.5, 0.6) is 0 Å². The molecule has 7 nitrogen and oxygen atoms in total. The summed E-state index contributed by atoms with van der Waals surface area (Å²) in [7, 11) is 0. The second kappa shape index (κ2) is 5.41. The minimum Gasteiger partial charge on any atom is -0.270 e. The van der Waals surface area contributed by atoms with Gasteiger partial charge < -0.3 is 0 Å². The first-order valence-corrected chi connectivity index (χ1v) is 5.68. The molecule has 0 radical (unpaired) electrons. The highest BCUT2D eigenvalue weighted by Crippen LogP contribution is 2.08. The van der Waals surface area contributed by atoms with Crippen molar-refractivity contribution in [2.45, 2.75) is 0 Å². The Balaban J connectivity index is 2.09. The zero-order valence-electron chi connectivity index (χ0n) is 8.98. The fourth-order valence-electron chi connectivity index (χ4n) is 1.14. The lowest BCUT2D eigenvalue weighted by Crippen LogP contribution is -2.25. The van der Waals surface area contributed by atoms with Gasteiger partial charge in [-0.3, -0.25) is 15.2 Å². The highest BCUT2D eigenvalue weighted by Gasteiger charge is 1.98. The van der Waals surface area contributed by atoms with Crippen LogP contribution in [0.1, 0.15) is 5.56 Å². The number of aromatic nitrogens is 3. The van der Waals surface area contributed by atoms with E-state index in [1.807, 2.05) is 29.2 Å². The summed E-state index contributed by atoms with van der Waals surface area (Å²) in [5, 5.41) is 9.44. The maximum atomic E-state index is 11.2. The number of aromatic amines is 2. The van der Waals surface area contributed by atoms with Gasteiger partial charge in [0.1, 0.15) is 0 Å². The Bertz CT molecular complexity index is 674. The molecule has 8 heteroatoms. The van der Waals surface area contributed by atoms with Crippen LogP contribution in [0.3, 0.4) is 0 Å². The molecule has 0 aliphatic rings. The molecule has 0 saturated carbocycles. The molecule has 0 atom stereocenters. The lowest BCUT2D eigenvalue weighted by atomic mass is 10.2. The number of nitrogens with one attached hydrogen (secondary N) is 3. The molecular formula is C10H8BrN5O2. The fraction of sp³-hybridized carbons (Fsp3) is 0. The monoisotopic (exact) mass is 309 g/mol. The predicted octanol–water partition coefficient (Wildman–Crippen LogP) is 0.667. The molecule has 0 unspecified atom stereocenters. The number of H-pyrrole nitrogens is 2. The average Bonchev–Trinajstić information content (AvgIpc) is 2.34. The molecule has 0 spiro atoms. The fourth-order valence-corrected chi connectivity index (χ4v) is 1.40. The molecule has 0 amide bonds. The van der Waals surface area contributed by atoms with Crippen molar-refractivity contribution in [3.8, 4) is 0 Å². The van der Waals surface area contributed by atoms with Gasteiger partial charge >= 0.3 is 5.69 Å². The maximum Gasteiger partial charge on any atom is 0.342 e. The summed E-state index contributed by atoms with van der Waals surface area (Å²) in [5.41, 5.74) is 1.99. The summed E-state index contributed by atoms with van der Waals surface area (Å²) >= 11 is 3.32. The van der Waals surface area contributed by atoms with Crippen molar-refractivity contribution in [1.29, 1.82) is 0 Å². The summed E-state index contributed by atoms with van der Waals surface area (Å²) in [6, 6.07) is 7.43. The van der Waals surface area contributed by atoms with E-state index < -0.39 is 11.2 Å². The normalized spacial score (nSPS) is 10.7. The van der Waals surface area contributed by atoms with Gasteiger partial charge in [0.25, 0.3) is 5.56 Å². The number of anilines is 1. The molecule has 1 aromatic carbocycles. The quantitative estimate of drug-likeness (QED) is 0.572. The molecular weight excluding hydrogens is 302 g/mol. The third-order valence-electron chi connectivity index (χ3n) is 1.97. The SMILES string of the molecule is O=c1[nH]nc(N/N=C\c2ccc(Br)cc2)c(=O)[nH]1. The van der Waals surface area contributed by atoms with E-state index in [4.69, 9.17) is 0 Å². The Hall–Kier alpha value is -2.22. The molecule has 1 heterocycles. The Morgan fingerprint density at radius 2 is 2.00 bits per heavy atom. The van der Waals surface area contributed by atoms with Gasteiger partial charge in [0.2, 0.25) is 5.82 Å². The van der Waals surface area contributed by atoms with E-state index in [2.05, 4.69) is 36.7 Å². The van der Waals surface area contributed by atoms with Crippen LogP contribution >= 0.6 is 15.9 Å². The largest absolute Gasteiger partial charge is 0.342 e. The summed E-state index contributed by atoms with van der Waals surface area (Å²) in [4.78, 5) is 24.0. The number of hydrogen-bond donors (Lipinski definition) is 3. The summed E-state index contributed by atoms with van der Waals surface area (Å²) in [5.74, 6) is -0.0806. The van der Waals surface area contributed by atoms with Crippen LogP contribution in [0.4, 0.5) is 5.82 Å². The van der Waals surface area contributed by atoms with Crippen LogP contribution in [0.25, 0.3) is 0 Å². The van der Waals surface area contributed by atoms with Crippen molar-refractivity contribution in [3.63, 3.8) is 0 Å². The maximum absolute atomic E-state index is 11.2. The number of rotatable bonds is 3. The van der Waals surface area contributed by atoms with E-state index in [-0.39, 0.29) is 5.82 Å². The Morgan fingerprint density at radius 3 is 2.67 bits per heavy atom. The predicted molar refractivity (Wildman–Crippen MR) is 70.8 cm³/mol. The summed E-state index contributed by atoms with van der Waals surface area (Å²) in [6.45, 7) is 0. The van der Waals surface area contributed by atoms with Gasteiger partial charge in [-0.05, 0) is 17.7 Å². The van der Waals surface area contributed by atoms with Crippen LogP contribution in [-0.2, 0) is 0 Å². The second-order valence-corrected chi connectivity index (χ2v) is 4.19. The van der Waals surface area contributed by atoms with Crippen LogP contribution in [0.2, 0.25) is 0 Å². The van der Waals surface area contributed by atoms with Gasteiger partial charge in [-0.15, -0.1) is 5.10 Å². The van der Waals surface area contributed by atoms with Crippen molar-refractivity contribution in [2.24, 2.45) is 5.10 Å². The third-order valence-corrected chi connectivity index (χ3v) is 2.49. The third kappa shape index (κ3) is 3.14. The molecule has 0 bridgehead atoms. The Kier molecular flexibility index (Phi) is 3.68. The van der Waals surface area contributed by atoms with Crippen molar-refractivity contribution in [1.82, 2.24) is 15.2 Å². The summed E-state index contributed by atoms with van der Waals surface area (Å²) in [6.07, 6.45) is 1.53. The molecule has 0 saturated heterocycles. The van der Waals surface area contributed by atoms with Crippen molar-refractivity contribution in [3.05, 3.63) is 55.1 Å². The van der Waals surface area contributed by atoms with Crippen molar-refractivity contribution >= 4 is 28.0 Å². The first kappa shape index (κ1) is 12.2. The molecule has 2 aromatic rings. The number of hydrazone groups is 1. The lowest BCUT2D eigenvalue weighted by Gasteiger charge is -1.96. The molecule has 18 heavy (non-hydrogen) atoms. The Morgan fingerprint density at radius 1 is 1.28 bits per heavy atom. The van der Waals surface area contributed by atoms with E-state index in [1.165, 1.54) is 6.21 Å². The molecule has 2 rings (SSSR count). The van der Waals surface area contributed by atoms with Crippen molar-refractivity contribution < 1.29 is 0 Å². The zero-order chi connectivity index (χ0) is 13.0. The Labute approximate surface area is 109 Å². The van der Waals surface area contributed by atoms with Crippen LogP contribution in [0, 0.1) is 0 Å². The van der Waals surface area contributed by atoms with E-state index >= 15 is 0 Å². The van der Waals surface area contributed by atoms with E-state index in [1.54, 1.807) is 0 Å². The summed E-state index contributed by atoms with van der Waals surface area (Å²) < 4.78 is 0.964. The van der Waals surface area contributed by atoms with Crippen LogP contribution in [0.15, 0.2) is 43.4 Å². The zero-order valence-corrected chi connectivity index (χ0v) is 10.6. The van der Waals surface area contributed by atoms with Gasteiger partial charge in [0, 0.05) is 4.47 Å².